The molecule has 0 unspecified atom stereocenters. The van der Waals surface area contributed by atoms with Crippen LogP contribution in [0.15, 0.2) is 58.1 Å². The summed E-state index contributed by atoms with van der Waals surface area (Å²) in [6.07, 6.45) is 2.03. The molecular formula is C21H17N3O4S. The summed E-state index contributed by atoms with van der Waals surface area (Å²) >= 11 is 1.12. The lowest BCUT2D eigenvalue weighted by Gasteiger charge is -2.07. The third kappa shape index (κ3) is 3.74. The third-order valence-electron chi connectivity index (χ3n) is 4.37. The van der Waals surface area contributed by atoms with Crippen molar-refractivity contribution in [3.63, 3.8) is 0 Å². The van der Waals surface area contributed by atoms with Crippen LogP contribution in [0.5, 0.6) is 11.5 Å². The zero-order chi connectivity index (χ0) is 20.4. The minimum Gasteiger partial charge on any atom is -0.493 e. The Balaban J connectivity index is 1.79. The zero-order valence-electron chi connectivity index (χ0n) is 15.8. The van der Waals surface area contributed by atoms with Gasteiger partial charge in [0, 0.05) is 6.42 Å². The normalized spacial score (nSPS) is 11.7. The molecule has 2 heterocycles. The Kier molecular flexibility index (Phi) is 5.09. The van der Waals surface area contributed by atoms with Gasteiger partial charge in [0.05, 0.1) is 18.8 Å². The molecule has 0 spiro atoms. The highest BCUT2D eigenvalue weighted by Gasteiger charge is 2.12. The van der Waals surface area contributed by atoms with Gasteiger partial charge in [0.15, 0.2) is 11.5 Å². The quantitative estimate of drug-likeness (QED) is 0.501. The number of hydrogen-bond donors (Lipinski definition) is 0. The molecule has 0 radical (unpaired) electrons. The second kappa shape index (κ2) is 7.84. The van der Waals surface area contributed by atoms with E-state index in [1.54, 1.807) is 32.4 Å². The van der Waals surface area contributed by atoms with Crippen LogP contribution in [-0.2, 0) is 6.42 Å². The van der Waals surface area contributed by atoms with Gasteiger partial charge in [-0.3, -0.25) is 9.59 Å². The Morgan fingerprint density at radius 2 is 1.79 bits per heavy atom. The number of ether oxygens (including phenoxy) is 2. The van der Waals surface area contributed by atoms with Gasteiger partial charge in [0.1, 0.15) is 5.69 Å². The van der Waals surface area contributed by atoms with Gasteiger partial charge in [-0.1, -0.05) is 47.7 Å². The van der Waals surface area contributed by atoms with E-state index in [4.69, 9.17) is 9.47 Å². The van der Waals surface area contributed by atoms with Crippen molar-refractivity contribution in [2.45, 2.75) is 6.42 Å². The minimum absolute atomic E-state index is 0.237. The van der Waals surface area contributed by atoms with Gasteiger partial charge in [0.2, 0.25) is 4.96 Å². The van der Waals surface area contributed by atoms with E-state index in [1.165, 1.54) is 4.52 Å². The van der Waals surface area contributed by atoms with E-state index in [0.717, 1.165) is 22.5 Å². The van der Waals surface area contributed by atoms with Gasteiger partial charge in [0.25, 0.3) is 11.1 Å². The van der Waals surface area contributed by atoms with Crippen LogP contribution in [0.3, 0.4) is 0 Å². The fourth-order valence-corrected chi connectivity index (χ4v) is 3.84. The van der Waals surface area contributed by atoms with Crippen molar-refractivity contribution in [3.05, 3.63) is 90.6 Å². The molecule has 0 bridgehead atoms. The first-order valence-corrected chi connectivity index (χ1v) is 9.61. The summed E-state index contributed by atoms with van der Waals surface area (Å²) in [5.74, 6) is 1.16. The van der Waals surface area contributed by atoms with Crippen molar-refractivity contribution in [1.29, 1.82) is 0 Å². The van der Waals surface area contributed by atoms with E-state index in [1.807, 2.05) is 36.4 Å². The molecule has 146 valence electrons. The lowest BCUT2D eigenvalue weighted by atomic mass is 10.1. The summed E-state index contributed by atoms with van der Waals surface area (Å²) in [4.78, 5) is 29.5. The van der Waals surface area contributed by atoms with E-state index in [9.17, 15) is 9.59 Å². The Labute approximate surface area is 169 Å². The monoisotopic (exact) mass is 407 g/mol. The molecule has 29 heavy (non-hydrogen) atoms. The van der Waals surface area contributed by atoms with E-state index in [2.05, 4.69) is 10.1 Å². The van der Waals surface area contributed by atoms with Crippen molar-refractivity contribution in [1.82, 2.24) is 14.6 Å². The third-order valence-corrected chi connectivity index (χ3v) is 5.33. The van der Waals surface area contributed by atoms with E-state index in [0.29, 0.717) is 22.5 Å². The van der Waals surface area contributed by atoms with Crippen molar-refractivity contribution in [2.75, 3.05) is 14.2 Å². The van der Waals surface area contributed by atoms with Crippen molar-refractivity contribution < 1.29 is 9.47 Å². The molecule has 0 atom stereocenters. The first-order valence-electron chi connectivity index (χ1n) is 8.79. The maximum atomic E-state index is 12.8. The topological polar surface area (TPSA) is 82.8 Å². The number of thiazole rings is 1. The van der Waals surface area contributed by atoms with Gasteiger partial charge < -0.3 is 9.47 Å². The molecule has 0 aliphatic heterocycles. The average molecular weight is 407 g/mol. The molecular weight excluding hydrogens is 390 g/mol. The van der Waals surface area contributed by atoms with Crippen LogP contribution < -0.4 is 25.1 Å². The van der Waals surface area contributed by atoms with E-state index in [-0.39, 0.29) is 16.2 Å². The van der Waals surface area contributed by atoms with Crippen LogP contribution in [0.1, 0.15) is 16.8 Å². The molecule has 2 aromatic heterocycles. The highest BCUT2D eigenvalue weighted by atomic mass is 32.1. The molecule has 0 fully saturated rings. The number of aromatic nitrogens is 3. The zero-order valence-corrected chi connectivity index (χ0v) is 16.6. The molecule has 0 N–H and O–H groups in total. The Morgan fingerprint density at radius 3 is 2.52 bits per heavy atom. The Morgan fingerprint density at radius 1 is 1.03 bits per heavy atom. The average Bonchev–Trinajstić information content (AvgIpc) is 3.03. The number of benzene rings is 2. The molecule has 4 aromatic rings. The van der Waals surface area contributed by atoms with Crippen LogP contribution in [0.25, 0.3) is 11.0 Å². The van der Waals surface area contributed by atoms with Gasteiger partial charge >= 0.3 is 0 Å². The summed E-state index contributed by atoms with van der Waals surface area (Å²) in [7, 11) is 3.11. The fraction of sp³-hybridized carbons (Fsp3) is 0.143. The summed E-state index contributed by atoms with van der Waals surface area (Å²) in [5, 5.41) is 4.27. The van der Waals surface area contributed by atoms with Crippen molar-refractivity contribution in [3.8, 4) is 11.5 Å². The van der Waals surface area contributed by atoms with E-state index >= 15 is 0 Å². The SMILES string of the molecule is COc1ccc(C=c2sc3nc(=O)c(Cc4ccccc4)nn3c2=O)cc1OC. The molecule has 0 amide bonds. The number of nitrogens with zero attached hydrogens (tertiary/aromatic N) is 3. The smallest absolute Gasteiger partial charge is 0.296 e. The number of rotatable bonds is 5. The van der Waals surface area contributed by atoms with Crippen LogP contribution in [0, 0.1) is 0 Å². The van der Waals surface area contributed by atoms with E-state index < -0.39 is 5.56 Å². The van der Waals surface area contributed by atoms with Gasteiger partial charge in [-0.25, -0.2) is 0 Å². The molecule has 0 aliphatic rings. The first-order chi connectivity index (χ1) is 14.1. The predicted molar refractivity (Wildman–Crippen MR) is 111 cm³/mol. The lowest BCUT2D eigenvalue weighted by Crippen LogP contribution is -2.28. The maximum absolute atomic E-state index is 12.8. The van der Waals surface area contributed by atoms with Crippen LogP contribution in [0.4, 0.5) is 0 Å². The fourth-order valence-electron chi connectivity index (χ4n) is 2.94. The molecule has 7 nitrogen and oxygen atoms in total. The second-order valence-electron chi connectivity index (χ2n) is 6.25. The maximum Gasteiger partial charge on any atom is 0.296 e. The molecule has 0 saturated carbocycles. The summed E-state index contributed by atoms with van der Waals surface area (Å²) in [5.41, 5.74) is 1.19. The first kappa shape index (κ1) is 18.8. The molecule has 2 aromatic carbocycles. The number of methoxy groups -OCH3 is 2. The Bertz CT molecular complexity index is 1350. The molecule has 8 heteroatoms. The second-order valence-corrected chi connectivity index (χ2v) is 7.26. The van der Waals surface area contributed by atoms with Crippen molar-refractivity contribution in [2.24, 2.45) is 0 Å². The van der Waals surface area contributed by atoms with Crippen LogP contribution in [-0.4, -0.2) is 28.8 Å². The van der Waals surface area contributed by atoms with Gasteiger partial charge in [-0.15, -0.1) is 0 Å². The number of fused-ring (bicyclic) bond motifs is 1. The number of hydrogen-bond acceptors (Lipinski definition) is 7. The molecule has 4 rings (SSSR count). The van der Waals surface area contributed by atoms with Crippen LogP contribution in [0.2, 0.25) is 0 Å². The minimum atomic E-state index is -0.423. The summed E-state index contributed by atoms with van der Waals surface area (Å²) < 4.78 is 12.1. The lowest BCUT2D eigenvalue weighted by molar-refractivity contribution is 0.355. The molecule has 0 aliphatic carbocycles. The highest BCUT2D eigenvalue weighted by molar-refractivity contribution is 7.15. The Hall–Kier alpha value is -3.52. The summed E-state index contributed by atoms with van der Waals surface area (Å²) in [6.45, 7) is 0. The largest absolute Gasteiger partial charge is 0.493 e. The van der Waals surface area contributed by atoms with Crippen LogP contribution >= 0.6 is 11.3 Å². The van der Waals surface area contributed by atoms with Crippen molar-refractivity contribution >= 4 is 22.4 Å². The van der Waals surface area contributed by atoms with Gasteiger partial charge in [-0.2, -0.15) is 14.6 Å². The predicted octanol–water partition coefficient (Wildman–Crippen LogP) is 1.67. The van der Waals surface area contributed by atoms with Gasteiger partial charge in [-0.05, 0) is 29.3 Å². The standard InChI is InChI=1S/C21H17N3O4S/c1-27-16-9-8-14(11-17(16)28-2)12-18-20(26)24-21(29-18)22-19(25)15(23-24)10-13-6-4-3-5-7-13/h3-9,11-12H,10H2,1-2H3. The summed E-state index contributed by atoms with van der Waals surface area (Å²) in [6, 6.07) is 14.8. The molecule has 0 saturated heterocycles. The highest BCUT2D eigenvalue weighted by Crippen LogP contribution is 2.27.